The average molecular weight is 1450 g/mol. The summed E-state index contributed by atoms with van der Waals surface area (Å²) in [6.45, 7) is 38.4. The van der Waals surface area contributed by atoms with Gasteiger partial charge in [-0.05, 0) is 200 Å². The van der Waals surface area contributed by atoms with Crippen molar-refractivity contribution >= 4 is 56.4 Å². The number of ether oxygens (including phenoxy) is 7. The van der Waals surface area contributed by atoms with Crippen LogP contribution in [0.4, 0.5) is 11.4 Å². The number of aldehydes is 1. The SMILES string of the molecule is C=C=C(C)C[C@@H](C)CCC1O[C@@H](CCS(=O)(=O)c2ccccc2)CC1=C.C=C=C(C)C[C@H](CCC1O[C@@H](C=O)CC1=C)OC(=O)c1ccc([N+](=O)[O-])cc1.C=C=C(C)C[C@H](CCC1O[C@@H]([C@H]2COC(C)(C)O2)CC1=C)OC(=O)c1ccc([N+](=O)[O-])cc1.CP(C)(=O)CS(=O)(=O)c1ccccc1. The van der Waals surface area contributed by atoms with Crippen molar-refractivity contribution in [2.24, 2.45) is 5.92 Å². The Labute approximate surface area is 595 Å². The standard InChI is InChI=1S/C25H31NO7.C22H30O3S.C21H23NO6.C9H13O3PS/c1-6-16(2)13-20(31-24(27)18-7-9-19(10-8-18)26(28)29)11-12-21-17(3)14-22(32-21)23-15-30-25(4,5)33-23;1-5-17(2)15-18(3)11-12-22-19(4)16-20(25-22)13-14-26(23,24)21-9-7-6-8-10-21;1-4-14(2)11-18(9-10-20-15(3)12-19(13-23)27-20)28-21(24)16-5-7-17(8-6-16)22(25)26;1-13(2,10)8-14(11,12)9-6-4-3-5-7-9/h7-10,20-23H,1,3,11-15H2,2,4-5H3;6-10,18,20,22H,1,4,11-16H2,2-3H3;5-8,13,18-20H,1,3,9-12H2,2H3;3-7H,8H2,1-2H3/t20-,21?,22+,23+;18-,20-,22?;18-,19+,20?;/m000./s1. The molecule has 0 saturated carbocycles. The third-order valence-electron chi connectivity index (χ3n) is 17.0. The van der Waals surface area contributed by atoms with Gasteiger partial charge < -0.3 is 42.5 Å². The predicted octanol–water partition coefficient (Wildman–Crippen LogP) is 16.0. The predicted molar refractivity (Wildman–Crippen MR) is 390 cm³/mol. The van der Waals surface area contributed by atoms with Crippen molar-refractivity contribution < 1.29 is 78.8 Å². The first kappa shape index (κ1) is 83.7. The third kappa shape index (κ3) is 28.4. The van der Waals surface area contributed by atoms with Crippen molar-refractivity contribution in [1.82, 2.24) is 0 Å². The lowest BCUT2D eigenvalue weighted by atomic mass is 9.94. The van der Waals surface area contributed by atoms with Gasteiger partial charge >= 0.3 is 11.9 Å². The number of non-ortho nitro benzene ring substituents is 2. The number of hydrogen-bond acceptors (Lipinski definition) is 19. The van der Waals surface area contributed by atoms with Crippen molar-refractivity contribution in [3.63, 3.8) is 0 Å². The van der Waals surface area contributed by atoms with E-state index in [2.05, 4.69) is 70.5 Å². The van der Waals surface area contributed by atoms with E-state index in [-0.39, 0.29) is 75.3 Å². The quantitative estimate of drug-likeness (QED) is 0.00891. The van der Waals surface area contributed by atoms with Gasteiger partial charge in [0, 0.05) is 43.5 Å². The van der Waals surface area contributed by atoms with E-state index in [0.717, 1.165) is 59.8 Å². The van der Waals surface area contributed by atoms with Crippen LogP contribution in [0.25, 0.3) is 0 Å². The van der Waals surface area contributed by atoms with Gasteiger partial charge in [-0.3, -0.25) is 20.2 Å². The van der Waals surface area contributed by atoms with Crippen molar-refractivity contribution in [2.75, 3.05) is 31.2 Å². The molecule has 24 heteroatoms. The molecule has 0 amide bonds. The molecule has 4 aromatic carbocycles. The minimum Gasteiger partial charge on any atom is -0.458 e. The molecule has 0 bridgehead atoms. The number of hydrogen-bond donors (Lipinski definition) is 0. The van der Waals surface area contributed by atoms with Crippen LogP contribution in [0.1, 0.15) is 146 Å². The highest BCUT2D eigenvalue weighted by Gasteiger charge is 2.43. The molecule has 10 atom stereocenters. The van der Waals surface area contributed by atoms with Crippen LogP contribution in [0.2, 0.25) is 0 Å². The van der Waals surface area contributed by atoms with Gasteiger partial charge in [0.2, 0.25) is 0 Å². The van der Waals surface area contributed by atoms with Gasteiger partial charge in [-0.2, -0.15) is 0 Å². The molecule has 0 aromatic heterocycles. The van der Waals surface area contributed by atoms with E-state index in [9.17, 15) is 56.0 Å². The molecule has 4 fully saturated rings. The van der Waals surface area contributed by atoms with Gasteiger partial charge in [-0.15, -0.1) is 17.2 Å². The molecule has 0 radical (unpaired) electrons. The first-order valence-electron chi connectivity index (χ1n) is 33.4. The molecule has 4 aliphatic rings. The summed E-state index contributed by atoms with van der Waals surface area (Å²) in [4.78, 5) is 57.1. The van der Waals surface area contributed by atoms with Gasteiger partial charge in [-0.25, -0.2) is 26.4 Å². The van der Waals surface area contributed by atoms with Crippen LogP contribution in [-0.2, 0) is 62.2 Å². The Morgan fingerprint density at radius 1 is 0.614 bits per heavy atom. The van der Waals surface area contributed by atoms with E-state index in [1.165, 1.54) is 79.6 Å². The number of allylic oxidation sites excluding steroid dienone is 1. The second-order valence-corrected chi connectivity index (χ2v) is 34.7. The van der Waals surface area contributed by atoms with E-state index < -0.39 is 72.7 Å². The van der Waals surface area contributed by atoms with Gasteiger partial charge in [0.05, 0.1) is 80.8 Å². The Kier molecular flexibility index (Phi) is 32.7. The number of carbonyl (C=O) groups excluding carboxylic acids is 3. The number of nitrogens with zero attached hydrogens (tertiary/aromatic N) is 2. The first-order valence-corrected chi connectivity index (χ1v) is 39.5. The molecule has 4 aromatic rings. The van der Waals surface area contributed by atoms with E-state index in [0.29, 0.717) is 75.2 Å². The highest BCUT2D eigenvalue weighted by Crippen LogP contribution is 2.40. The summed E-state index contributed by atoms with van der Waals surface area (Å²) in [6, 6.07) is 27.3. The molecule has 0 N–H and O–H groups in total. The summed E-state index contributed by atoms with van der Waals surface area (Å²) >= 11 is 0. The molecule has 21 nitrogen and oxygen atoms in total. The molecule has 8 rings (SSSR count). The van der Waals surface area contributed by atoms with Gasteiger partial charge in [0.1, 0.15) is 36.2 Å². The third-order valence-corrected chi connectivity index (χ3v) is 23.6. The lowest BCUT2D eigenvalue weighted by Gasteiger charge is -2.22. The Morgan fingerprint density at radius 3 is 1.47 bits per heavy atom. The van der Waals surface area contributed by atoms with Gasteiger partial charge in [0.15, 0.2) is 25.5 Å². The molecule has 0 spiro atoms. The van der Waals surface area contributed by atoms with E-state index in [1.807, 2.05) is 33.8 Å². The molecule has 4 saturated heterocycles. The lowest BCUT2D eigenvalue weighted by Crippen LogP contribution is -2.31. The van der Waals surface area contributed by atoms with Crippen molar-refractivity contribution in [3.05, 3.63) is 231 Å². The molecule has 4 heterocycles. The number of nitro benzene ring substituents is 2. The topological polar surface area (TPSA) is 287 Å². The van der Waals surface area contributed by atoms with Gasteiger partial charge in [-0.1, -0.05) is 82.8 Å². The molecular weight excluding hydrogens is 1350 g/mol. The van der Waals surface area contributed by atoms with E-state index in [1.54, 1.807) is 42.5 Å². The number of rotatable bonds is 30. The second kappa shape index (κ2) is 39.4. The van der Waals surface area contributed by atoms with Crippen LogP contribution >= 0.6 is 7.14 Å². The largest absolute Gasteiger partial charge is 0.458 e. The molecular formula is C77H97N2O19PS2. The summed E-state index contributed by atoms with van der Waals surface area (Å²) in [5, 5.41) is 21.6. The Hall–Kier alpha value is -8.00. The number of benzene rings is 4. The molecule has 0 aliphatic carbocycles. The fraction of sp³-hybridized carbons (Fsp3) is 0.455. The van der Waals surface area contributed by atoms with Crippen LogP contribution in [0.5, 0.6) is 0 Å². The van der Waals surface area contributed by atoms with Crippen LogP contribution in [0.15, 0.2) is 209 Å². The fourth-order valence-electron chi connectivity index (χ4n) is 11.5. The fourth-order valence-corrected chi connectivity index (χ4v) is 17.4. The van der Waals surface area contributed by atoms with Crippen molar-refractivity contribution in [1.29, 1.82) is 0 Å². The second-order valence-electron chi connectivity index (χ2n) is 26.7. The van der Waals surface area contributed by atoms with Crippen LogP contribution < -0.4 is 0 Å². The van der Waals surface area contributed by atoms with Crippen LogP contribution in [-0.4, -0.2) is 137 Å². The maximum Gasteiger partial charge on any atom is 0.338 e. The van der Waals surface area contributed by atoms with Gasteiger partial charge in [0.25, 0.3) is 11.4 Å². The molecule has 101 heavy (non-hydrogen) atoms. The zero-order chi connectivity index (χ0) is 74.8. The lowest BCUT2D eigenvalue weighted by molar-refractivity contribution is -0.385. The highest BCUT2D eigenvalue weighted by molar-refractivity contribution is 7.98. The Morgan fingerprint density at radius 2 is 1.04 bits per heavy atom. The Balaban J connectivity index is 0.000000251. The number of carbonyl (C=O) groups is 3. The van der Waals surface area contributed by atoms with E-state index in [4.69, 9.17) is 33.2 Å². The molecule has 546 valence electrons. The smallest absolute Gasteiger partial charge is 0.338 e. The monoisotopic (exact) mass is 1450 g/mol. The summed E-state index contributed by atoms with van der Waals surface area (Å²) in [5.41, 5.74) is 14.5. The normalized spacial score (nSPS) is 20.8. The minimum atomic E-state index is -3.38. The molecule has 3 unspecified atom stereocenters. The first-order chi connectivity index (χ1) is 47.5. The minimum absolute atomic E-state index is 0.0453. The summed E-state index contributed by atoms with van der Waals surface area (Å²) < 4.78 is 100. The maximum absolute atomic E-state index is 12.6. The highest BCUT2D eigenvalue weighted by atomic mass is 32.2. The zero-order valence-corrected chi connectivity index (χ0v) is 61.7. The van der Waals surface area contributed by atoms with Crippen molar-refractivity contribution in [2.45, 2.75) is 196 Å². The molecule has 4 aliphatic heterocycles. The summed E-state index contributed by atoms with van der Waals surface area (Å²) in [6.07, 6.45) is 7.48. The number of nitro groups is 2. The number of esters is 2. The maximum atomic E-state index is 12.6. The van der Waals surface area contributed by atoms with E-state index >= 15 is 0 Å². The van der Waals surface area contributed by atoms with Crippen LogP contribution in [0, 0.1) is 26.1 Å². The van der Waals surface area contributed by atoms with Crippen LogP contribution in [0.3, 0.4) is 0 Å². The van der Waals surface area contributed by atoms with Crippen molar-refractivity contribution in [3.8, 4) is 0 Å². The number of sulfone groups is 2. The average Bonchev–Trinajstić information content (AvgIpc) is 1.70. The zero-order valence-electron chi connectivity index (χ0n) is 59.2. The summed E-state index contributed by atoms with van der Waals surface area (Å²) in [7, 11) is -9.17. The summed E-state index contributed by atoms with van der Waals surface area (Å²) in [5.74, 6) is -1.04. The Bertz CT molecular complexity index is 3980.